The molecule has 2 bridgehead atoms. The third-order valence-corrected chi connectivity index (χ3v) is 7.76. The van der Waals surface area contributed by atoms with Crippen LogP contribution in [0, 0.1) is 24.7 Å². The summed E-state index contributed by atoms with van der Waals surface area (Å²) in [6.07, 6.45) is 4.87. The lowest BCUT2D eigenvalue weighted by atomic mass is 9.84. The largest absolute Gasteiger partial charge is 0.465 e. The topological polar surface area (TPSA) is 111 Å². The average molecular weight is 434 g/mol. The molecule has 4 rings (SSSR count). The normalized spacial score (nSPS) is 24.0. The molecule has 8 nitrogen and oxygen atoms in total. The van der Waals surface area contributed by atoms with E-state index in [9.17, 15) is 13.2 Å². The molecule has 1 amide bonds. The van der Waals surface area contributed by atoms with Crippen LogP contribution in [0.1, 0.15) is 38.4 Å². The number of carbonyl (C=O) groups is 1. The number of rotatable bonds is 8. The smallest absolute Gasteiger partial charge is 0.262 e. The van der Waals surface area contributed by atoms with Crippen molar-refractivity contribution >= 4 is 21.6 Å². The molecule has 0 aliphatic heterocycles. The summed E-state index contributed by atoms with van der Waals surface area (Å²) in [7, 11) is -3.61. The van der Waals surface area contributed by atoms with Crippen molar-refractivity contribution in [1.82, 2.24) is 9.88 Å². The molecule has 1 aromatic heterocycles. The summed E-state index contributed by atoms with van der Waals surface area (Å²) in [5.74, 6) is 2.28. The van der Waals surface area contributed by atoms with Gasteiger partial charge in [0.1, 0.15) is 5.76 Å². The van der Waals surface area contributed by atoms with E-state index < -0.39 is 10.0 Å². The molecule has 9 heteroatoms. The van der Waals surface area contributed by atoms with E-state index in [1.807, 2.05) is 6.92 Å². The number of aromatic nitrogens is 1. The lowest BCUT2D eigenvalue weighted by Gasteiger charge is -2.28. The zero-order valence-corrected chi connectivity index (χ0v) is 17.9. The first kappa shape index (κ1) is 20.9. The van der Waals surface area contributed by atoms with Crippen molar-refractivity contribution in [3.63, 3.8) is 0 Å². The molecule has 2 aromatic rings. The van der Waals surface area contributed by atoms with E-state index in [4.69, 9.17) is 9.26 Å². The van der Waals surface area contributed by atoms with E-state index in [-0.39, 0.29) is 29.3 Å². The van der Waals surface area contributed by atoms with Gasteiger partial charge in [0.2, 0.25) is 10.0 Å². The Kier molecular flexibility index (Phi) is 5.84. The lowest BCUT2D eigenvalue weighted by molar-refractivity contribution is -0.118. The molecule has 2 N–H and O–H groups in total. The lowest BCUT2D eigenvalue weighted by Crippen LogP contribution is -2.40. The average Bonchev–Trinajstić information content (AvgIpc) is 3.43. The van der Waals surface area contributed by atoms with Crippen LogP contribution in [0.4, 0.5) is 5.69 Å². The first-order valence-electron chi connectivity index (χ1n) is 10.3. The Bertz CT molecular complexity index is 1000. The van der Waals surface area contributed by atoms with Gasteiger partial charge in [-0.15, -0.1) is 0 Å². The Labute approximate surface area is 176 Å². The Morgan fingerprint density at radius 2 is 2.03 bits per heavy atom. The van der Waals surface area contributed by atoms with E-state index in [0.717, 1.165) is 12.3 Å². The number of amides is 1. The predicted octanol–water partition coefficient (Wildman–Crippen LogP) is 3.10. The van der Waals surface area contributed by atoms with Crippen LogP contribution >= 0.6 is 0 Å². The van der Waals surface area contributed by atoms with Gasteiger partial charge in [-0.3, -0.25) is 4.79 Å². The highest BCUT2D eigenvalue weighted by atomic mass is 32.2. The van der Waals surface area contributed by atoms with Gasteiger partial charge in [0.25, 0.3) is 11.8 Å². The summed E-state index contributed by atoms with van der Waals surface area (Å²) < 4.78 is 38.5. The van der Waals surface area contributed by atoms with Crippen molar-refractivity contribution < 1.29 is 22.5 Å². The molecule has 2 fully saturated rings. The van der Waals surface area contributed by atoms with Gasteiger partial charge < -0.3 is 14.6 Å². The Hall–Kier alpha value is -2.39. The number of benzene rings is 1. The summed E-state index contributed by atoms with van der Waals surface area (Å²) in [5, 5.41) is 6.31. The molecule has 162 valence electrons. The highest BCUT2D eigenvalue weighted by Gasteiger charge is 2.42. The minimum absolute atomic E-state index is 0.0815. The van der Waals surface area contributed by atoms with E-state index in [2.05, 4.69) is 15.2 Å². The van der Waals surface area contributed by atoms with E-state index in [0.29, 0.717) is 23.3 Å². The van der Waals surface area contributed by atoms with Crippen LogP contribution in [0.3, 0.4) is 0 Å². The summed E-state index contributed by atoms with van der Waals surface area (Å²) in [5.41, 5.74) is 0.486. The maximum Gasteiger partial charge on any atom is 0.262 e. The molecule has 2 saturated carbocycles. The molecule has 0 unspecified atom stereocenters. The number of carbonyl (C=O) groups excluding carboxylic acids is 1. The number of nitrogens with zero attached hydrogens (tertiary/aromatic N) is 1. The highest BCUT2D eigenvalue weighted by molar-refractivity contribution is 7.89. The van der Waals surface area contributed by atoms with Crippen LogP contribution in [0.2, 0.25) is 0 Å². The Morgan fingerprint density at radius 1 is 1.27 bits per heavy atom. The van der Waals surface area contributed by atoms with Crippen molar-refractivity contribution in [2.75, 3.05) is 11.9 Å². The van der Waals surface area contributed by atoms with Crippen molar-refractivity contribution in [2.45, 2.75) is 50.5 Å². The highest BCUT2D eigenvalue weighted by Crippen LogP contribution is 2.49. The van der Waals surface area contributed by atoms with Crippen LogP contribution in [0.25, 0.3) is 0 Å². The summed E-state index contributed by atoms with van der Waals surface area (Å²) in [6, 6.07) is 7.62. The zero-order chi connectivity index (χ0) is 21.3. The molecule has 30 heavy (non-hydrogen) atoms. The first-order valence-corrected chi connectivity index (χ1v) is 11.8. The Balaban J connectivity index is 1.31. The maximum absolute atomic E-state index is 12.8. The molecule has 0 saturated heterocycles. The number of hydrogen-bond donors (Lipinski definition) is 2. The SMILES string of the molecule is Cc1cc(OCC(=O)Nc2ccc(S(=O)(=O)N[C@H](C)[C@H]3C[C@H]4CC[C@H]3C4)cc2)no1. The number of fused-ring (bicyclic) bond motifs is 2. The zero-order valence-electron chi connectivity index (χ0n) is 17.1. The van der Waals surface area contributed by atoms with Crippen molar-refractivity contribution in [1.29, 1.82) is 0 Å². The second-order valence-corrected chi connectivity index (χ2v) is 10.1. The monoisotopic (exact) mass is 433 g/mol. The first-order chi connectivity index (χ1) is 14.3. The van der Waals surface area contributed by atoms with Gasteiger partial charge >= 0.3 is 0 Å². The second-order valence-electron chi connectivity index (χ2n) is 8.39. The second kappa shape index (κ2) is 8.39. The van der Waals surface area contributed by atoms with Gasteiger partial charge in [-0.1, -0.05) is 6.42 Å². The molecule has 0 radical (unpaired) electrons. The molecule has 2 aliphatic rings. The van der Waals surface area contributed by atoms with Gasteiger partial charge in [0.15, 0.2) is 6.61 Å². The third kappa shape index (κ3) is 4.67. The van der Waals surface area contributed by atoms with Crippen LogP contribution in [-0.2, 0) is 14.8 Å². The molecule has 1 aromatic carbocycles. The van der Waals surface area contributed by atoms with Crippen LogP contribution in [-0.4, -0.2) is 32.1 Å². The maximum atomic E-state index is 12.8. The summed E-state index contributed by atoms with van der Waals surface area (Å²) in [4.78, 5) is 12.2. The summed E-state index contributed by atoms with van der Waals surface area (Å²) in [6.45, 7) is 3.46. The van der Waals surface area contributed by atoms with Gasteiger partial charge in [-0.05, 0) is 80.3 Å². The number of anilines is 1. The quantitative estimate of drug-likeness (QED) is 0.662. The fraction of sp³-hybridized carbons (Fsp3) is 0.524. The minimum atomic E-state index is -3.61. The van der Waals surface area contributed by atoms with Crippen LogP contribution in [0.5, 0.6) is 5.88 Å². The summed E-state index contributed by atoms with van der Waals surface area (Å²) >= 11 is 0. The van der Waals surface area contributed by atoms with Crippen molar-refractivity contribution in [3.8, 4) is 5.88 Å². The number of aryl methyl sites for hydroxylation is 1. The molecule has 2 aliphatic carbocycles. The standard InChI is InChI=1S/C21H27N3O5S/c1-13-9-21(23-29-13)28-12-20(25)22-17-5-7-18(8-6-17)30(26,27)24-14(2)19-11-15-3-4-16(19)10-15/h5-9,14-16,19,24H,3-4,10-12H2,1-2H3,(H,22,25)/t14-,15+,16+,19-/m1/s1. The Morgan fingerprint density at radius 3 is 2.63 bits per heavy atom. The molecule has 1 heterocycles. The fourth-order valence-electron chi connectivity index (χ4n) is 4.77. The number of nitrogens with one attached hydrogen (secondary N) is 2. The van der Waals surface area contributed by atoms with E-state index in [1.54, 1.807) is 25.1 Å². The van der Waals surface area contributed by atoms with Crippen LogP contribution in [0.15, 0.2) is 39.8 Å². The van der Waals surface area contributed by atoms with E-state index in [1.165, 1.54) is 31.4 Å². The number of sulfonamides is 1. The van der Waals surface area contributed by atoms with Crippen LogP contribution < -0.4 is 14.8 Å². The molecular formula is C21H27N3O5S. The van der Waals surface area contributed by atoms with E-state index >= 15 is 0 Å². The van der Waals surface area contributed by atoms with Gasteiger partial charge in [-0.25, -0.2) is 13.1 Å². The molecular weight excluding hydrogens is 406 g/mol. The van der Waals surface area contributed by atoms with Crippen molar-refractivity contribution in [3.05, 3.63) is 36.1 Å². The fourth-order valence-corrected chi connectivity index (χ4v) is 6.07. The molecule has 4 atom stereocenters. The predicted molar refractivity (Wildman–Crippen MR) is 111 cm³/mol. The minimum Gasteiger partial charge on any atom is -0.465 e. The van der Waals surface area contributed by atoms with Gasteiger partial charge in [-0.2, -0.15) is 0 Å². The van der Waals surface area contributed by atoms with Crippen molar-refractivity contribution in [2.24, 2.45) is 17.8 Å². The van der Waals surface area contributed by atoms with Gasteiger partial charge in [0, 0.05) is 17.8 Å². The van der Waals surface area contributed by atoms with Gasteiger partial charge in [0.05, 0.1) is 4.90 Å². The molecule has 0 spiro atoms. The number of ether oxygens (including phenoxy) is 1. The third-order valence-electron chi connectivity index (χ3n) is 6.18. The number of hydrogen-bond acceptors (Lipinski definition) is 6.